The fraction of sp³-hybridized carbons (Fsp3) is 0.400. The van der Waals surface area contributed by atoms with Crippen molar-refractivity contribution in [3.63, 3.8) is 0 Å². The molecule has 1 aromatic carbocycles. The van der Waals surface area contributed by atoms with Crippen molar-refractivity contribution in [2.45, 2.75) is 18.4 Å². The summed E-state index contributed by atoms with van der Waals surface area (Å²) < 4.78 is 0. The lowest BCUT2D eigenvalue weighted by Crippen LogP contribution is -2.52. The van der Waals surface area contributed by atoms with Crippen LogP contribution >= 0.6 is 12.4 Å². The molecular weight excluding hydrogens is 260 g/mol. The van der Waals surface area contributed by atoms with E-state index in [-0.39, 0.29) is 23.9 Å². The standard InChI is InChI=1S/C15H20N2O.ClH/c1-3-14(18)17(2)15(9-11-16-12-10-15)13-7-5-4-6-8-13;/h3-8,16H,1,9-12H2,2H3;1H. The molecule has 0 aromatic heterocycles. The molecule has 1 aromatic rings. The number of amides is 1. The summed E-state index contributed by atoms with van der Waals surface area (Å²) in [7, 11) is 1.88. The Morgan fingerprint density at radius 3 is 2.42 bits per heavy atom. The third-order valence-electron chi connectivity index (χ3n) is 3.89. The van der Waals surface area contributed by atoms with Crippen molar-refractivity contribution < 1.29 is 4.79 Å². The molecule has 1 saturated heterocycles. The van der Waals surface area contributed by atoms with Gasteiger partial charge in [-0.1, -0.05) is 36.9 Å². The number of rotatable bonds is 3. The van der Waals surface area contributed by atoms with Gasteiger partial charge in [0.1, 0.15) is 0 Å². The molecule has 1 aliphatic rings. The number of hydrogen-bond donors (Lipinski definition) is 1. The number of halogens is 1. The van der Waals surface area contributed by atoms with Crippen LogP contribution in [0.3, 0.4) is 0 Å². The maximum atomic E-state index is 12.0. The third kappa shape index (κ3) is 2.99. The van der Waals surface area contributed by atoms with Gasteiger partial charge in [0, 0.05) is 7.05 Å². The van der Waals surface area contributed by atoms with Gasteiger partial charge in [-0.2, -0.15) is 0 Å². The summed E-state index contributed by atoms with van der Waals surface area (Å²) in [4.78, 5) is 13.8. The van der Waals surface area contributed by atoms with E-state index in [0.29, 0.717) is 0 Å². The van der Waals surface area contributed by atoms with Crippen LogP contribution in [0.2, 0.25) is 0 Å². The van der Waals surface area contributed by atoms with Gasteiger partial charge in [0.05, 0.1) is 5.54 Å². The van der Waals surface area contributed by atoms with Crippen LogP contribution in [0.4, 0.5) is 0 Å². The van der Waals surface area contributed by atoms with Crippen molar-refractivity contribution in [1.82, 2.24) is 10.2 Å². The van der Waals surface area contributed by atoms with Crippen molar-refractivity contribution in [3.05, 3.63) is 48.6 Å². The van der Waals surface area contributed by atoms with Gasteiger partial charge in [-0.15, -0.1) is 12.4 Å². The topological polar surface area (TPSA) is 32.3 Å². The van der Waals surface area contributed by atoms with Gasteiger partial charge in [-0.3, -0.25) is 4.79 Å². The Bertz CT molecular complexity index is 427. The second-order valence-corrected chi connectivity index (χ2v) is 4.75. The summed E-state index contributed by atoms with van der Waals surface area (Å²) in [6.45, 7) is 5.46. The van der Waals surface area contributed by atoms with E-state index in [0.717, 1.165) is 25.9 Å². The second kappa shape index (κ2) is 6.73. The Morgan fingerprint density at radius 2 is 1.89 bits per heavy atom. The third-order valence-corrected chi connectivity index (χ3v) is 3.89. The Balaban J connectivity index is 0.00000180. The van der Waals surface area contributed by atoms with Crippen LogP contribution in [0.15, 0.2) is 43.0 Å². The normalized spacial score (nSPS) is 17.1. The summed E-state index contributed by atoms with van der Waals surface area (Å²) in [5.41, 5.74) is 1.02. The molecule has 0 bridgehead atoms. The highest BCUT2D eigenvalue weighted by Crippen LogP contribution is 2.36. The Morgan fingerprint density at radius 1 is 1.32 bits per heavy atom. The Kier molecular flexibility index (Phi) is 5.58. The lowest BCUT2D eigenvalue weighted by molar-refractivity contribution is -0.132. The van der Waals surface area contributed by atoms with Crippen LogP contribution < -0.4 is 5.32 Å². The van der Waals surface area contributed by atoms with Crippen LogP contribution in [-0.4, -0.2) is 30.9 Å². The zero-order valence-electron chi connectivity index (χ0n) is 11.3. The molecule has 0 aliphatic carbocycles. The quantitative estimate of drug-likeness (QED) is 0.862. The van der Waals surface area contributed by atoms with Crippen LogP contribution in [0.5, 0.6) is 0 Å². The van der Waals surface area contributed by atoms with E-state index in [1.165, 1.54) is 11.6 Å². The fourth-order valence-electron chi connectivity index (χ4n) is 2.75. The molecule has 0 atom stereocenters. The van der Waals surface area contributed by atoms with Crippen LogP contribution in [-0.2, 0) is 10.3 Å². The highest BCUT2D eigenvalue weighted by atomic mass is 35.5. The molecule has 2 rings (SSSR count). The van der Waals surface area contributed by atoms with Gasteiger partial charge in [0.2, 0.25) is 5.91 Å². The number of nitrogens with one attached hydrogen (secondary N) is 1. The molecular formula is C15H21ClN2O. The SMILES string of the molecule is C=CC(=O)N(C)C1(c2ccccc2)CCNCC1.Cl. The first-order valence-electron chi connectivity index (χ1n) is 6.37. The van der Waals surface area contributed by atoms with Crippen molar-refractivity contribution >= 4 is 18.3 Å². The number of hydrogen-bond acceptors (Lipinski definition) is 2. The van der Waals surface area contributed by atoms with E-state index in [1.807, 2.05) is 30.1 Å². The minimum Gasteiger partial charge on any atom is -0.332 e. The van der Waals surface area contributed by atoms with Crippen molar-refractivity contribution in [2.24, 2.45) is 0 Å². The van der Waals surface area contributed by atoms with Gasteiger partial charge in [0.15, 0.2) is 0 Å². The fourth-order valence-corrected chi connectivity index (χ4v) is 2.75. The van der Waals surface area contributed by atoms with Gasteiger partial charge in [0.25, 0.3) is 0 Å². The Hall–Kier alpha value is -1.32. The minimum atomic E-state index is -0.197. The molecule has 1 heterocycles. The average molecular weight is 281 g/mol. The maximum Gasteiger partial charge on any atom is 0.246 e. The summed E-state index contributed by atoms with van der Waals surface area (Å²) in [5.74, 6) is -0.0132. The molecule has 1 amide bonds. The first-order valence-corrected chi connectivity index (χ1v) is 6.37. The van der Waals surface area contributed by atoms with Crippen LogP contribution in [0, 0.1) is 0 Å². The summed E-state index contributed by atoms with van der Waals surface area (Å²) in [6.07, 6.45) is 3.27. The van der Waals surface area contributed by atoms with E-state index in [9.17, 15) is 4.79 Å². The lowest BCUT2D eigenvalue weighted by atomic mass is 9.80. The van der Waals surface area contributed by atoms with Crippen LogP contribution in [0.25, 0.3) is 0 Å². The van der Waals surface area contributed by atoms with E-state index >= 15 is 0 Å². The van der Waals surface area contributed by atoms with E-state index in [1.54, 1.807) is 0 Å². The predicted octanol–water partition coefficient (Wildman–Crippen LogP) is 2.33. The van der Waals surface area contributed by atoms with Gasteiger partial charge >= 0.3 is 0 Å². The van der Waals surface area contributed by atoms with Crippen molar-refractivity contribution in [3.8, 4) is 0 Å². The molecule has 1 N–H and O–H groups in total. The van der Waals surface area contributed by atoms with Gasteiger partial charge < -0.3 is 10.2 Å². The zero-order chi connectivity index (χ0) is 13.0. The first-order chi connectivity index (χ1) is 8.70. The number of nitrogens with zero attached hydrogens (tertiary/aromatic N) is 1. The predicted molar refractivity (Wildman–Crippen MR) is 80.4 cm³/mol. The van der Waals surface area contributed by atoms with Crippen LogP contribution in [0.1, 0.15) is 18.4 Å². The number of piperidine rings is 1. The van der Waals surface area contributed by atoms with Crippen molar-refractivity contribution in [2.75, 3.05) is 20.1 Å². The highest BCUT2D eigenvalue weighted by Gasteiger charge is 2.39. The lowest BCUT2D eigenvalue weighted by Gasteiger charge is -2.45. The number of carbonyl (C=O) groups is 1. The minimum absolute atomic E-state index is 0. The molecule has 0 spiro atoms. The molecule has 3 nitrogen and oxygen atoms in total. The first kappa shape index (κ1) is 15.7. The molecule has 1 aliphatic heterocycles. The second-order valence-electron chi connectivity index (χ2n) is 4.75. The summed E-state index contributed by atoms with van der Waals surface area (Å²) in [6, 6.07) is 10.3. The summed E-state index contributed by atoms with van der Waals surface area (Å²) >= 11 is 0. The van der Waals surface area contributed by atoms with Gasteiger partial charge in [-0.05, 0) is 37.6 Å². The molecule has 0 radical (unpaired) electrons. The molecule has 0 saturated carbocycles. The van der Waals surface area contributed by atoms with E-state index in [2.05, 4.69) is 24.0 Å². The number of benzene rings is 1. The molecule has 104 valence electrons. The smallest absolute Gasteiger partial charge is 0.246 e. The van der Waals surface area contributed by atoms with E-state index in [4.69, 9.17) is 0 Å². The highest BCUT2D eigenvalue weighted by molar-refractivity contribution is 5.87. The molecule has 4 heteroatoms. The molecule has 0 unspecified atom stereocenters. The number of carbonyl (C=O) groups excluding carboxylic acids is 1. The molecule has 19 heavy (non-hydrogen) atoms. The summed E-state index contributed by atoms with van der Waals surface area (Å²) in [5, 5.41) is 3.36. The average Bonchev–Trinajstić information content (AvgIpc) is 2.47. The Labute approximate surface area is 121 Å². The number of likely N-dealkylation sites (N-methyl/N-ethyl adjacent to an activating group) is 1. The van der Waals surface area contributed by atoms with Crippen molar-refractivity contribution in [1.29, 1.82) is 0 Å². The maximum absolute atomic E-state index is 12.0. The monoisotopic (exact) mass is 280 g/mol. The van der Waals surface area contributed by atoms with E-state index < -0.39 is 0 Å². The molecule has 1 fully saturated rings. The largest absolute Gasteiger partial charge is 0.332 e. The zero-order valence-corrected chi connectivity index (χ0v) is 12.1. The van der Waals surface area contributed by atoms with Gasteiger partial charge in [-0.25, -0.2) is 0 Å².